The quantitative estimate of drug-likeness (QED) is 0.462. The van der Waals surface area contributed by atoms with Crippen LogP contribution < -0.4 is 4.74 Å². The number of hydrogen-bond donors (Lipinski definition) is 0. The van der Waals surface area contributed by atoms with Gasteiger partial charge >= 0.3 is 5.69 Å². The van der Waals surface area contributed by atoms with E-state index in [-0.39, 0.29) is 23.8 Å². The summed E-state index contributed by atoms with van der Waals surface area (Å²) in [7, 11) is 0. The van der Waals surface area contributed by atoms with E-state index < -0.39 is 4.92 Å². The van der Waals surface area contributed by atoms with Gasteiger partial charge in [-0.2, -0.15) is 0 Å². The third kappa shape index (κ3) is 4.28. The van der Waals surface area contributed by atoms with Gasteiger partial charge in [-0.3, -0.25) is 14.9 Å². The number of rotatable bonds is 6. The molecule has 0 fully saturated rings. The van der Waals surface area contributed by atoms with Crippen molar-refractivity contribution in [3.05, 3.63) is 75.8 Å². The zero-order valence-corrected chi connectivity index (χ0v) is 12.1. The van der Waals surface area contributed by atoms with E-state index >= 15 is 0 Å². The number of nitro benzene ring substituents is 1. The van der Waals surface area contributed by atoms with Gasteiger partial charge in [0.1, 0.15) is 6.61 Å². The zero-order valence-electron chi connectivity index (χ0n) is 12.1. The van der Waals surface area contributed by atoms with Crippen LogP contribution in [0.2, 0.25) is 0 Å². The number of allylic oxidation sites excluding steroid dienone is 1. The first kappa shape index (κ1) is 15.4. The Morgan fingerprint density at radius 3 is 2.59 bits per heavy atom. The van der Waals surface area contributed by atoms with Crippen molar-refractivity contribution in [1.82, 2.24) is 0 Å². The number of ether oxygens (including phenoxy) is 1. The molecular formula is C17H15NO4. The minimum atomic E-state index is -0.487. The second kappa shape index (κ2) is 7.17. The van der Waals surface area contributed by atoms with Crippen molar-refractivity contribution in [3.8, 4) is 5.75 Å². The highest BCUT2D eigenvalue weighted by Gasteiger charge is 2.15. The second-order valence-corrected chi connectivity index (χ2v) is 4.70. The van der Waals surface area contributed by atoms with Crippen LogP contribution in [0.4, 0.5) is 5.69 Å². The van der Waals surface area contributed by atoms with Crippen molar-refractivity contribution in [1.29, 1.82) is 0 Å². The molecule has 0 amide bonds. The molecule has 0 bridgehead atoms. The Kier molecular flexibility index (Phi) is 5.03. The highest BCUT2D eigenvalue weighted by molar-refractivity contribution is 5.91. The molecule has 22 heavy (non-hydrogen) atoms. The van der Waals surface area contributed by atoms with Gasteiger partial charge in [0.2, 0.25) is 0 Å². The number of benzene rings is 2. The van der Waals surface area contributed by atoms with E-state index in [1.807, 2.05) is 30.3 Å². The average molecular weight is 297 g/mol. The lowest BCUT2D eigenvalue weighted by atomic mass is 10.1. The molecule has 0 heterocycles. The average Bonchev–Trinajstić information content (AvgIpc) is 2.51. The number of carbonyl (C=O) groups excluding carboxylic acids is 1. The molecular weight excluding hydrogens is 282 g/mol. The maximum absolute atomic E-state index is 11.1. The fraction of sp³-hybridized carbons (Fsp3) is 0.118. The van der Waals surface area contributed by atoms with Gasteiger partial charge in [0.25, 0.3) is 0 Å². The van der Waals surface area contributed by atoms with Crippen LogP contribution in [0.5, 0.6) is 5.75 Å². The van der Waals surface area contributed by atoms with Crippen LogP contribution in [-0.4, -0.2) is 10.7 Å². The Morgan fingerprint density at radius 1 is 1.23 bits per heavy atom. The summed E-state index contributed by atoms with van der Waals surface area (Å²) in [6.07, 6.45) is 3.00. The molecule has 2 rings (SSSR count). The first-order valence-corrected chi connectivity index (χ1v) is 6.70. The third-order valence-electron chi connectivity index (χ3n) is 2.93. The minimum Gasteiger partial charge on any atom is -0.482 e. The largest absolute Gasteiger partial charge is 0.482 e. The number of nitrogens with zero attached hydrogens (tertiary/aromatic N) is 1. The summed E-state index contributed by atoms with van der Waals surface area (Å²) < 4.78 is 5.57. The van der Waals surface area contributed by atoms with Gasteiger partial charge in [-0.15, -0.1) is 0 Å². The Hall–Kier alpha value is -2.95. The number of nitro groups is 1. The molecule has 2 aromatic rings. The third-order valence-corrected chi connectivity index (χ3v) is 2.93. The van der Waals surface area contributed by atoms with Crippen LogP contribution in [0.25, 0.3) is 6.08 Å². The molecule has 2 aromatic carbocycles. The van der Waals surface area contributed by atoms with Crippen molar-refractivity contribution >= 4 is 17.5 Å². The Morgan fingerprint density at radius 2 is 1.95 bits per heavy atom. The summed E-state index contributed by atoms with van der Waals surface area (Å²) in [5.41, 5.74) is 1.49. The molecule has 112 valence electrons. The van der Waals surface area contributed by atoms with Crippen LogP contribution in [0, 0.1) is 10.1 Å². The van der Waals surface area contributed by atoms with Crippen LogP contribution in [0.15, 0.2) is 54.6 Å². The van der Waals surface area contributed by atoms with E-state index in [4.69, 9.17) is 4.74 Å². The SMILES string of the molecule is CC(=O)/C=C/c1ccc([N+](=O)[O-])c(OCc2ccccc2)c1. The molecule has 5 heteroatoms. The van der Waals surface area contributed by atoms with Crippen molar-refractivity contribution < 1.29 is 14.5 Å². The van der Waals surface area contributed by atoms with Crippen molar-refractivity contribution in [2.45, 2.75) is 13.5 Å². The zero-order chi connectivity index (χ0) is 15.9. The van der Waals surface area contributed by atoms with Crippen LogP contribution in [0.1, 0.15) is 18.1 Å². The summed E-state index contributed by atoms with van der Waals surface area (Å²) in [6.45, 7) is 1.68. The lowest BCUT2D eigenvalue weighted by Gasteiger charge is -2.07. The Labute approximate surface area is 128 Å². The normalized spacial score (nSPS) is 10.6. The second-order valence-electron chi connectivity index (χ2n) is 4.70. The minimum absolute atomic E-state index is 0.0925. The van der Waals surface area contributed by atoms with Gasteiger partial charge in [-0.25, -0.2) is 0 Å². The number of hydrogen-bond acceptors (Lipinski definition) is 4. The molecule has 0 aromatic heterocycles. The van der Waals surface area contributed by atoms with Gasteiger partial charge < -0.3 is 4.74 Å². The lowest BCUT2D eigenvalue weighted by molar-refractivity contribution is -0.385. The van der Waals surface area contributed by atoms with Crippen LogP contribution in [-0.2, 0) is 11.4 Å². The summed E-state index contributed by atoms with van der Waals surface area (Å²) in [4.78, 5) is 21.5. The monoisotopic (exact) mass is 297 g/mol. The van der Waals surface area contributed by atoms with Crippen LogP contribution >= 0.6 is 0 Å². The fourth-order valence-electron chi connectivity index (χ4n) is 1.85. The first-order valence-electron chi connectivity index (χ1n) is 6.70. The number of ketones is 1. The van der Waals surface area contributed by atoms with E-state index in [1.54, 1.807) is 18.2 Å². The molecule has 0 spiro atoms. The molecule has 5 nitrogen and oxygen atoms in total. The van der Waals surface area contributed by atoms with Gasteiger partial charge in [0, 0.05) is 6.07 Å². The topological polar surface area (TPSA) is 69.4 Å². The smallest absolute Gasteiger partial charge is 0.310 e. The van der Waals surface area contributed by atoms with E-state index in [0.29, 0.717) is 5.56 Å². The van der Waals surface area contributed by atoms with Gasteiger partial charge in [0.15, 0.2) is 11.5 Å². The molecule has 0 N–H and O–H groups in total. The van der Waals surface area contributed by atoms with Crippen LogP contribution in [0.3, 0.4) is 0 Å². The molecule has 0 radical (unpaired) electrons. The molecule has 0 saturated heterocycles. The van der Waals surface area contributed by atoms with Gasteiger partial charge in [0.05, 0.1) is 4.92 Å². The highest BCUT2D eigenvalue weighted by Crippen LogP contribution is 2.29. The van der Waals surface area contributed by atoms with E-state index in [0.717, 1.165) is 5.56 Å². The molecule has 0 aliphatic heterocycles. The standard InChI is InChI=1S/C17H15NO4/c1-13(19)7-8-14-9-10-16(18(20)21)17(11-14)22-12-15-5-3-2-4-6-15/h2-11H,12H2,1H3/b8-7+. The molecule has 0 saturated carbocycles. The van der Waals surface area contributed by atoms with Crippen molar-refractivity contribution in [2.75, 3.05) is 0 Å². The summed E-state index contributed by atoms with van der Waals surface area (Å²) >= 11 is 0. The molecule has 0 unspecified atom stereocenters. The predicted octanol–water partition coefficient (Wildman–Crippen LogP) is 3.78. The van der Waals surface area contributed by atoms with E-state index in [2.05, 4.69) is 0 Å². The maximum Gasteiger partial charge on any atom is 0.310 e. The van der Waals surface area contributed by atoms with E-state index in [9.17, 15) is 14.9 Å². The van der Waals surface area contributed by atoms with Crippen molar-refractivity contribution in [2.24, 2.45) is 0 Å². The molecule has 0 aliphatic rings. The summed E-state index contributed by atoms with van der Waals surface area (Å²) in [6, 6.07) is 13.9. The Balaban J connectivity index is 2.24. The Bertz CT molecular complexity index is 708. The van der Waals surface area contributed by atoms with E-state index in [1.165, 1.54) is 19.1 Å². The summed E-state index contributed by atoms with van der Waals surface area (Å²) in [5.74, 6) is 0.0876. The number of carbonyl (C=O) groups is 1. The first-order chi connectivity index (χ1) is 10.6. The lowest BCUT2D eigenvalue weighted by Crippen LogP contribution is -1.99. The van der Waals surface area contributed by atoms with Crippen molar-refractivity contribution in [3.63, 3.8) is 0 Å². The summed E-state index contributed by atoms with van der Waals surface area (Å²) in [5, 5.41) is 11.1. The maximum atomic E-state index is 11.1. The predicted molar refractivity (Wildman–Crippen MR) is 83.6 cm³/mol. The molecule has 0 aliphatic carbocycles. The van der Waals surface area contributed by atoms with Gasteiger partial charge in [-0.1, -0.05) is 36.4 Å². The molecule has 0 atom stereocenters. The fourth-order valence-corrected chi connectivity index (χ4v) is 1.85. The van der Waals surface area contributed by atoms with Gasteiger partial charge in [-0.05, 0) is 36.3 Å². The highest BCUT2D eigenvalue weighted by atomic mass is 16.6.